The van der Waals surface area contributed by atoms with Gasteiger partial charge in [-0.25, -0.2) is 9.59 Å². The highest BCUT2D eigenvalue weighted by molar-refractivity contribution is 5.86. The second-order valence-corrected chi connectivity index (χ2v) is 6.31. The highest BCUT2D eigenvalue weighted by Gasteiger charge is 2.65. The molecule has 0 aromatic rings. The Morgan fingerprint density at radius 3 is 2.50 bits per heavy atom. The van der Waals surface area contributed by atoms with E-state index in [0.29, 0.717) is 18.8 Å². The van der Waals surface area contributed by atoms with Crippen molar-refractivity contribution in [2.75, 3.05) is 0 Å². The molecule has 5 nitrogen and oxygen atoms in total. The van der Waals surface area contributed by atoms with Gasteiger partial charge in [0.1, 0.15) is 11.1 Å². The molecule has 5 heteroatoms. The quantitative estimate of drug-likeness (QED) is 0.821. The summed E-state index contributed by atoms with van der Waals surface area (Å²) >= 11 is 0. The van der Waals surface area contributed by atoms with Gasteiger partial charge in [0.15, 0.2) is 0 Å². The molecule has 1 saturated heterocycles. The van der Waals surface area contributed by atoms with Gasteiger partial charge in [0.2, 0.25) is 0 Å². The Balaban J connectivity index is 2.23. The number of carbonyl (C=O) groups is 2. The van der Waals surface area contributed by atoms with Crippen LogP contribution in [0.15, 0.2) is 0 Å². The van der Waals surface area contributed by atoms with Crippen molar-refractivity contribution in [3.8, 4) is 0 Å². The molecule has 1 heterocycles. The lowest BCUT2D eigenvalue weighted by atomic mass is 9.91. The van der Waals surface area contributed by atoms with Gasteiger partial charge in [-0.1, -0.05) is 6.92 Å². The van der Waals surface area contributed by atoms with Crippen LogP contribution in [0.4, 0.5) is 4.79 Å². The highest BCUT2D eigenvalue weighted by Crippen LogP contribution is 2.54. The maximum Gasteiger partial charge on any atom is 0.411 e. The fourth-order valence-electron chi connectivity index (χ4n) is 2.89. The van der Waals surface area contributed by atoms with E-state index in [1.165, 1.54) is 4.90 Å². The first kappa shape index (κ1) is 13.2. The summed E-state index contributed by atoms with van der Waals surface area (Å²) in [7, 11) is 0. The van der Waals surface area contributed by atoms with Crippen molar-refractivity contribution in [3.05, 3.63) is 0 Å². The van der Waals surface area contributed by atoms with Crippen molar-refractivity contribution in [2.45, 2.75) is 64.1 Å². The van der Waals surface area contributed by atoms with Crippen molar-refractivity contribution >= 4 is 12.1 Å². The van der Waals surface area contributed by atoms with E-state index in [0.717, 1.165) is 6.42 Å². The number of carbonyl (C=O) groups excluding carboxylic acids is 1. The van der Waals surface area contributed by atoms with Gasteiger partial charge in [-0.05, 0) is 46.0 Å². The normalized spacial score (nSPS) is 34.1. The number of fused-ring (bicyclic) bond motifs is 1. The number of piperidine rings is 1. The molecule has 0 unspecified atom stereocenters. The predicted molar refractivity (Wildman–Crippen MR) is 65.2 cm³/mol. The van der Waals surface area contributed by atoms with Crippen LogP contribution < -0.4 is 0 Å². The molecule has 2 fully saturated rings. The lowest BCUT2D eigenvalue weighted by molar-refractivity contribution is -0.150. The molecule has 2 aliphatic rings. The molecule has 0 aromatic heterocycles. The Labute approximate surface area is 107 Å². The summed E-state index contributed by atoms with van der Waals surface area (Å²) in [5.74, 6) is -0.573. The lowest BCUT2D eigenvalue weighted by Gasteiger charge is -2.37. The molecule has 0 aromatic carbocycles. The SMILES string of the molecule is CC[C@@]1(C(=O)O)C[C@H]2C[C@H]2N1C(=O)OC(C)(C)C. The number of hydrogen-bond acceptors (Lipinski definition) is 3. The number of nitrogens with zero attached hydrogens (tertiary/aromatic N) is 1. The number of carboxylic acid groups (broad SMARTS) is 1. The van der Waals surface area contributed by atoms with E-state index in [4.69, 9.17) is 4.74 Å². The molecule has 1 aliphatic heterocycles. The number of amides is 1. The molecule has 3 atom stereocenters. The number of hydrogen-bond donors (Lipinski definition) is 1. The van der Waals surface area contributed by atoms with Crippen molar-refractivity contribution in [2.24, 2.45) is 5.92 Å². The third kappa shape index (κ3) is 1.95. The van der Waals surface area contributed by atoms with Gasteiger partial charge in [-0.15, -0.1) is 0 Å². The molecule has 1 N–H and O–H groups in total. The van der Waals surface area contributed by atoms with Crippen LogP contribution in [0.1, 0.15) is 47.0 Å². The second kappa shape index (κ2) is 3.87. The number of carboxylic acids is 1. The van der Waals surface area contributed by atoms with Crippen LogP contribution in [0.25, 0.3) is 0 Å². The van der Waals surface area contributed by atoms with Gasteiger partial charge >= 0.3 is 12.1 Å². The summed E-state index contributed by atoms with van der Waals surface area (Å²) in [5, 5.41) is 9.47. The predicted octanol–water partition coefficient (Wildman–Crippen LogP) is 2.25. The fourth-order valence-corrected chi connectivity index (χ4v) is 2.89. The monoisotopic (exact) mass is 255 g/mol. The van der Waals surface area contributed by atoms with Gasteiger partial charge in [0.25, 0.3) is 0 Å². The number of rotatable bonds is 2. The Hall–Kier alpha value is -1.26. The topological polar surface area (TPSA) is 66.8 Å². The minimum atomic E-state index is -1.06. The van der Waals surface area contributed by atoms with Gasteiger partial charge < -0.3 is 9.84 Å². The lowest BCUT2D eigenvalue weighted by Crippen LogP contribution is -2.55. The molecule has 0 radical (unpaired) electrons. The minimum absolute atomic E-state index is 0.0656. The molecular weight excluding hydrogens is 234 g/mol. The maximum absolute atomic E-state index is 12.2. The van der Waals surface area contributed by atoms with E-state index in [-0.39, 0.29) is 6.04 Å². The van der Waals surface area contributed by atoms with Gasteiger partial charge in [-0.2, -0.15) is 0 Å². The summed E-state index contributed by atoms with van der Waals surface area (Å²) in [6.07, 6.45) is 1.41. The minimum Gasteiger partial charge on any atom is -0.479 e. The van der Waals surface area contributed by atoms with E-state index >= 15 is 0 Å². The number of aliphatic carboxylic acids is 1. The van der Waals surface area contributed by atoms with E-state index in [1.54, 1.807) is 20.8 Å². The van der Waals surface area contributed by atoms with Crippen LogP contribution in [0.3, 0.4) is 0 Å². The molecule has 1 amide bonds. The third-order valence-electron chi connectivity index (χ3n) is 3.85. The molecule has 102 valence electrons. The van der Waals surface area contributed by atoms with Crippen molar-refractivity contribution in [3.63, 3.8) is 0 Å². The summed E-state index contributed by atoms with van der Waals surface area (Å²) in [6, 6.07) is 0.0656. The molecule has 18 heavy (non-hydrogen) atoms. The number of ether oxygens (including phenoxy) is 1. The van der Waals surface area contributed by atoms with E-state index in [9.17, 15) is 14.7 Å². The van der Waals surface area contributed by atoms with E-state index < -0.39 is 23.2 Å². The Kier molecular flexibility index (Phi) is 2.83. The zero-order chi connectivity index (χ0) is 13.7. The van der Waals surface area contributed by atoms with Crippen LogP contribution >= 0.6 is 0 Å². The molecule has 2 rings (SSSR count). The largest absolute Gasteiger partial charge is 0.479 e. The Morgan fingerprint density at radius 1 is 1.44 bits per heavy atom. The maximum atomic E-state index is 12.2. The smallest absolute Gasteiger partial charge is 0.411 e. The molecule has 1 saturated carbocycles. The average molecular weight is 255 g/mol. The first-order valence-electron chi connectivity index (χ1n) is 6.47. The molecule has 0 spiro atoms. The first-order valence-corrected chi connectivity index (χ1v) is 6.47. The zero-order valence-electron chi connectivity index (χ0n) is 11.4. The van der Waals surface area contributed by atoms with E-state index in [1.807, 2.05) is 6.92 Å². The van der Waals surface area contributed by atoms with Crippen LogP contribution in [-0.4, -0.2) is 39.3 Å². The summed E-state index contributed by atoms with van der Waals surface area (Å²) in [5.41, 5.74) is -1.65. The first-order chi connectivity index (χ1) is 8.21. The van der Waals surface area contributed by atoms with Crippen molar-refractivity contribution in [1.82, 2.24) is 4.90 Å². The van der Waals surface area contributed by atoms with Gasteiger partial charge in [0, 0.05) is 6.04 Å². The van der Waals surface area contributed by atoms with Crippen LogP contribution in [0, 0.1) is 5.92 Å². The summed E-state index contributed by atoms with van der Waals surface area (Å²) in [4.78, 5) is 25.2. The van der Waals surface area contributed by atoms with Crippen LogP contribution in [0.2, 0.25) is 0 Å². The Bertz CT molecular complexity index is 387. The van der Waals surface area contributed by atoms with Crippen LogP contribution in [0.5, 0.6) is 0 Å². The Morgan fingerprint density at radius 2 is 2.06 bits per heavy atom. The molecular formula is C13H21NO4. The van der Waals surface area contributed by atoms with Crippen LogP contribution in [-0.2, 0) is 9.53 Å². The van der Waals surface area contributed by atoms with Crippen molar-refractivity contribution < 1.29 is 19.4 Å². The molecule has 1 aliphatic carbocycles. The summed E-state index contributed by atoms with van der Waals surface area (Å²) in [6.45, 7) is 7.19. The zero-order valence-corrected chi connectivity index (χ0v) is 11.4. The third-order valence-corrected chi connectivity index (χ3v) is 3.85. The second-order valence-electron chi connectivity index (χ2n) is 6.31. The van der Waals surface area contributed by atoms with Gasteiger partial charge in [-0.3, -0.25) is 4.90 Å². The molecule has 0 bridgehead atoms. The van der Waals surface area contributed by atoms with Gasteiger partial charge in [0.05, 0.1) is 0 Å². The average Bonchev–Trinajstić information content (AvgIpc) is 2.86. The van der Waals surface area contributed by atoms with Crippen molar-refractivity contribution in [1.29, 1.82) is 0 Å². The summed E-state index contributed by atoms with van der Waals surface area (Å²) < 4.78 is 5.35. The standard InChI is InChI=1S/C13H21NO4/c1-5-13(10(15)16)7-8-6-9(8)14(13)11(17)18-12(2,3)4/h8-9H,5-7H2,1-4H3,(H,15,16)/t8-,9-,13+/m1/s1. The highest BCUT2D eigenvalue weighted by atomic mass is 16.6. The fraction of sp³-hybridized carbons (Fsp3) is 0.846. The van der Waals surface area contributed by atoms with E-state index in [2.05, 4.69) is 0 Å². The number of likely N-dealkylation sites (tertiary alicyclic amines) is 1.